The number of para-hydroxylation sites is 8. The smallest absolute Gasteiger partial charge is 0.104 e. The summed E-state index contributed by atoms with van der Waals surface area (Å²) < 4.78 is 4.79. The second-order valence-electron chi connectivity index (χ2n) is 21.5. The second-order valence-corrected chi connectivity index (χ2v) is 22.6. The van der Waals surface area contributed by atoms with E-state index in [0.29, 0.717) is 5.56 Å². The van der Waals surface area contributed by atoms with Gasteiger partial charge in [-0.25, -0.2) is 0 Å². The quantitative estimate of drug-likeness (QED) is 0.129. The van der Waals surface area contributed by atoms with Crippen molar-refractivity contribution in [3.05, 3.63) is 321 Å². The summed E-state index contributed by atoms with van der Waals surface area (Å²) in [5.41, 5.74) is 19.1. The molecule has 6 nitrogen and oxygen atoms in total. The van der Waals surface area contributed by atoms with E-state index in [2.05, 4.69) is 345 Å². The molecule has 0 fully saturated rings. The molecule has 16 rings (SSSR count). The Morgan fingerprint density at radius 3 is 1.00 bits per heavy atom. The highest BCUT2D eigenvalue weighted by Crippen LogP contribution is 2.60. The van der Waals surface area contributed by atoms with Gasteiger partial charge in [0.05, 0.1) is 50.5 Å². The van der Waals surface area contributed by atoms with Crippen molar-refractivity contribution in [2.75, 3.05) is 14.7 Å². The van der Waals surface area contributed by atoms with E-state index in [1.165, 1.54) is 0 Å². The topological polar surface area (TPSA) is 43.4 Å². The zero-order valence-corrected chi connectivity index (χ0v) is 47.4. The molecule has 0 saturated carbocycles. The molecular weight excluding hydrogens is 1060 g/mol. The average molecular weight is 1120 g/mol. The Hall–Kier alpha value is -11.3. The normalized spacial score (nSPS) is 11.9. The number of anilines is 9. The van der Waals surface area contributed by atoms with Crippen molar-refractivity contribution in [2.24, 2.45) is 0 Å². The van der Waals surface area contributed by atoms with Gasteiger partial charge >= 0.3 is 0 Å². The summed E-state index contributed by atoms with van der Waals surface area (Å²) in [7, 11) is 0. The Labute approximate surface area is 503 Å². The second kappa shape index (κ2) is 21.2. The highest BCUT2D eigenvalue weighted by atomic mass is 32.2. The van der Waals surface area contributed by atoms with Crippen LogP contribution in [0.15, 0.2) is 325 Å². The number of aromatic nitrogens is 2. The fourth-order valence-electron chi connectivity index (χ4n) is 13.1. The molecule has 0 saturated heterocycles. The zero-order chi connectivity index (χ0) is 57.1. The molecule has 0 bridgehead atoms. The third-order valence-corrected chi connectivity index (χ3v) is 17.8. The molecule has 0 N–H and O–H groups in total. The van der Waals surface area contributed by atoms with Gasteiger partial charge in [0.2, 0.25) is 0 Å². The van der Waals surface area contributed by atoms with Gasteiger partial charge in [-0.3, -0.25) is 0 Å². The van der Waals surface area contributed by atoms with Gasteiger partial charge in [0, 0.05) is 76.6 Å². The molecule has 15 aromatic rings. The third kappa shape index (κ3) is 8.26. The number of benzene rings is 13. The Balaban J connectivity index is 1.09. The Bertz CT molecular complexity index is 4710. The lowest BCUT2D eigenvalue weighted by atomic mass is 9.87. The first-order valence-corrected chi connectivity index (χ1v) is 29.8. The molecule has 0 atom stereocenters. The molecule has 0 spiro atoms. The van der Waals surface area contributed by atoms with E-state index in [0.717, 1.165) is 138 Å². The first-order chi connectivity index (χ1) is 42.7. The Kier molecular flexibility index (Phi) is 12.4. The van der Waals surface area contributed by atoms with E-state index in [-0.39, 0.29) is 0 Å². The molecule has 2 aromatic heterocycles. The number of hydrogen-bond acceptors (Lipinski definition) is 5. The lowest BCUT2D eigenvalue weighted by molar-refractivity contribution is 1.10. The van der Waals surface area contributed by atoms with Gasteiger partial charge in [-0.05, 0) is 132 Å². The van der Waals surface area contributed by atoms with Gasteiger partial charge in [-0.2, -0.15) is 5.26 Å². The van der Waals surface area contributed by atoms with Crippen LogP contribution in [-0.2, 0) is 0 Å². The van der Waals surface area contributed by atoms with Crippen LogP contribution in [0.3, 0.4) is 0 Å². The highest BCUT2D eigenvalue weighted by Gasteiger charge is 2.37. The summed E-state index contributed by atoms with van der Waals surface area (Å²) in [6.07, 6.45) is 0. The molecular formula is C79H52N6S. The Morgan fingerprint density at radius 1 is 0.291 bits per heavy atom. The lowest BCUT2D eigenvalue weighted by Crippen LogP contribution is -2.20. The summed E-state index contributed by atoms with van der Waals surface area (Å²) in [4.78, 5) is 9.40. The van der Waals surface area contributed by atoms with E-state index >= 15 is 0 Å². The molecule has 13 aromatic carbocycles. The van der Waals surface area contributed by atoms with Gasteiger partial charge in [-0.1, -0.05) is 206 Å². The molecule has 0 radical (unpaired) electrons. The summed E-state index contributed by atoms with van der Waals surface area (Å²) in [5.74, 6) is 0. The van der Waals surface area contributed by atoms with Crippen LogP contribution >= 0.6 is 11.8 Å². The van der Waals surface area contributed by atoms with Crippen LogP contribution in [0.1, 0.15) is 5.56 Å². The van der Waals surface area contributed by atoms with Crippen LogP contribution in [-0.4, -0.2) is 9.13 Å². The van der Waals surface area contributed by atoms with Crippen LogP contribution in [0.5, 0.6) is 0 Å². The van der Waals surface area contributed by atoms with E-state index in [1.54, 1.807) is 11.8 Å². The van der Waals surface area contributed by atoms with Crippen molar-refractivity contribution in [2.45, 2.75) is 9.79 Å². The van der Waals surface area contributed by atoms with Crippen molar-refractivity contribution in [3.8, 4) is 39.7 Å². The van der Waals surface area contributed by atoms with Crippen molar-refractivity contribution < 1.29 is 0 Å². The standard InChI is InChI=1S/C79H52N6S/c80-53-66-77(83-67-41-21-19-39-62(67)64-51-60(47-49-69(64)83)81(56-31-11-3-12-32-56)57-33-13-4-14-34-57)75(54-27-7-1-8-28-54)79(85-71-43-23-25-45-73(71)86-74-46-26-24-44-72(74)85)76(55-29-9-2-10-30-55)78(66)84-68-42-22-20-40-63(68)65-52-61(48-50-70(65)84)82(58-35-15-5-16-36-58)59-37-17-6-18-38-59/h1-52H. The monoisotopic (exact) mass is 1120 g/mol. The fraction of sp³-hybridized carbons (Fsp3) is 0. The first-order valence-electron chi connectivity index (χ1n) is 29.0. The van der Waals surface area contributed by atoms with Gasteiger partial charge in [0.25, 0.3) is 0 Å². The van der Waals surface area contributed by atoms with E-state index < -0.39 is 0 Å². The third-order valence-electron chi connectivity index (χ3n) is 16.6. The SMILES string of the molecule is N#Cc1c(-n2c3ccccc3c3cc(N(c4ccccc4)c4ccccc4)ccc32)c(-c2ccccc2)c(N2c3ccccc3Sc3ccccc32)c(-c2ccccc2)c1-n1c2ccccc2c2cc(N(c3ccccc3)c3ccccc3)ccc21. The molecule has 0 aliphatic carbocycles. The van der Waals surface area contributed by atoms with Crippen molar-refractivity contribution in [3.63, 3.8) is 0 Å². The maximum absolute atomic E-state index is 12.9. The first kappa shape index (κ1) is 50.4. The van der Waals surface area contributed by atoms with Crippen molar-refractivity contribution >= 4 is 107 Å². The number of fused-ring (bicyclic) bond motifs is 8. The molecule has 3 heterocycles. The van der Waals surface area contributed by atoms with E-state index in [9.17, 15) is 5.26 Å². The van der Waals surface area contributed by atoms with Crippen LogP contribution in [0, 0.1) is 11.3 Å². The predicted octanol–water partition coefficient (Wildman–Crippen LogP) is 22.0. The largest absolute Gasteiger partial charge is 0.310 e. The maximum Gasteiger partial charge on any atom is 0.104 e. The summed E-state index contributed by atoms with van der Waals surface area (Å²) in [6, 6.07) is 115. The van der Waals surface area contributed by atoms with Gasteiger partial charge in [-0.15, -0.1) is 0 Å². The molecule has 404 valence electrons. The molecule has 1 aliphatic rings. The van der Waals surface area contributed by atoms with Crippen LogP contribution in [0.25, 0.3) is 77.2 Å². The number of nitrogens with zero attached hydrogens (tertiary/aromatic N) is 6. The van der Waals surface area contributed by atoms with Crippen molar-refractivity contribution in [1.82, 2.24) is 9.13 Å². The minimum atomic E-state index is 0.531. The number of rotatable bonds is 11. The van der Waals surface area contributed by atoms with Crippen molar-refractivity contribution in [1.29, 1.82) is 5.26 Å². The number of nitriles is 1. The van der Waals surface area contributed by atoms with Gasteiger partial charge in [0.1, 0.15) is 11.6 Å². The highest BCUT2D eigenvalue weighted by molar-refractivity contribution is 7.99. The minimum Gasteiger partial charge on any atom is -0.310 e. The molecule has 0 amide bonds. The van der Waals surface area contributed by atoms with Crippen LogP contribution in [0.2, 0.25) is 0 Å². The van der Waals surface area contributed by atoms with Gasteiger partial charge in [0.15, 0.2) is 0 Å². The summed E-state index contributed by atoms with van der Waals surface area (Å²) >= 11 is 1.79. The molecule has 86 heavy (non-hydrogen) atoms. The minimum absolute atomic E-state index is 0.531. The number of hydrogen-bond donors (Lipinski definition) is 0. The fourth-order valence-corrected chi connectivity index (χ4v) is 14.1. The Morgan fingerprint density at radius 2 is 0.616 bits per heavy atom. The molecule has 7 heteroatoms. The van der Waals surface area contributed by atoms with Crippen LogP contribution < -0.4 is 14.7 Å². The lowest BCUT2D eigenvalue weighted by Gasteiger charge is -2.38. The zero-order valence-electron chi connectivity index (χ0n) is 46.6. The summed E-state index contributed by atoms with van der Waals surface area (Å²) in [6.45, 7) is 0. The predicted molar refractivity (Wildman–Crippen MR) is 359 cm³/mol. The van der Waals surface area contributed by atoms with E-state index in [4.69, 9.17) is 0 Å². The molecule has 1 aliphatic heterocycles. The average Bonchev–Trinajstić information content (AvgIpc) is 1.32. The maximum atomic E-state index is 12.9. The summed E-state index contributed by atoms with van der Waals surface area (Å²) in [5, 5.41) is 17.1. The molecule has 0 unspecified atom stereocenters. The van der Waals surface area contributed by atoms with Gasteiger partial charge < -0.3 is 23.8 Å². The van der Waals surface area contributed by atoms with E-state index in [1.807, 2.05) is 0 Å². The van der Waals surface area contributed by atoms with Crippen LogP contribution in [0.4, 0.5) is 51.2 Å².